The maximum Gasteiger partial charge on any atom is 0.120 e. The Kier molecular flexibility index (Phi) is 4.88. The van der Waals surface area contributed by atoms with E-state index in [2.05, 4.69) is 11.8 Å². The van der Waals surface area contributed by atoms with Crippen LogP contribution in [0.15, 0.2) is 18.2 Å². The third-order valence-electron chi connectivity index (χ3n) is 2.03. The van der Waals surface area contributed by atoms with Crippen LogP contribution in [0.2, 0.25) is 0 Å². The molecule has 2 heteroatoms. The molecule has 2 nitrogen and oxygen atoms in total. The molecule has 0 spiro atoms. The SMILES string of the molecule is Cc1cc(OC(C)C)ccc1C#CCCO. The predicted octanol–water partition coefficient (Wildman–Crippen LogP) is 2.52. The average Bonchev–Trinajstić information content (AvgIpc) is 2.20. The molecule has 1 aromatic rings. The molecule has 0 unspecified atom stereocenters. The summed E-state index contributed by atoms with van der Waals surface area (Å²) in [5, 5.41) is 8.63. The Morgan fingerprint density at radius 3 is 2.69 bits per heavy atom. The molecule has 0 atom stereocenters. The summed E-state index contributed by atoms with van der Waals surface area (Å²) in [4.78, 5) is 0. The average molecular weight is 218 g/mol. The molecule has 0 fully saturated rings. The second-order valence-electron chi connectivity index (χ2n) is 3.92. The molecule has 16 heavy (non-hydrogen) atoms. The van der Waals surface area contributed by atoms with Gasteiger partial charge in [0.25, 0.3) is 0 Å². The highest BCUT2D eigenvalue weighted by Crippen LogP contribution is 2.17. The summed E-state index contributed by atoms with van der Waals surface area (Å²) in [5.74, 6) is 6.82. The molecular weight excluding hydrogens is 200 g/mol. The summed E-state index contributed by atoms with van der Waals surface area (Å²) in [7, 11) is 0. The van der Waals surface area contributed by atoms with E-state index in [9.17, 15) is 0 Å². The lowest BCUT2D eigenvalue weighted by Crippen LogP contribution is -2.05. The van der Waals surface area contributed by atoms with Gasteiger partial charge in [0, 0.05) is 12.0 Å². The molecule has 0 heterocycles. The topological polar surface area (TPSA) is 29.5 Å². The van der Waals surface area contributed by atoms with E-state index < -0.39 is 0 Å². The molecule has 1 N–H and O–H groups in total. The van der Waals surface area contributed by atoms with E-state index in [0.29, 0.717) is 6.42 Å². The van der Waals surface area contributed by atoms with E-state index in [1.54, 1.807) is 0 Å². The number of aliphatic hydroxyl groups excluding tert-OH is 1. The van der Waals surface area contributed by atoms with Gasteiger partial charge in [-0.05, 0) is 44.5 Å². The molecule has 1 rings (SSSR count). The third-order valence-corrected chi connectivity index (χ3v) is 2.03. The number of aryl methyl sites for hydroxylation is 1. The number of hydrogen-bond acceptors (Lipinski definition) is 2. The van der Waals surface area contributed by atoms with Gasteiger partial charge in [0.2, 0.25) is 0 Å². The van der Waals surface area contributed by atoms with Crippen LogP contribution in [-0.4, -0.2) is 17.8 Å². The third kappa shape index (κ3) is 3.96. The zero-order valence-corrected chi connectivity index (χ0v) is 10.1. The van der Waals surface area contributed by atoms with Gasteiger partial charge in [-0.1, -0.05) is 11.8 Å². The van der Waals surface area contributed by atoms with Crippen molar-refractivity contribution >= 4 is 0 Å². The van der Waals surface area contributed by atoms with E-state index in [1.165, 1.54) is 0 Å². The first-order valence-corrected chi connectivity index (χ1v) is 5.50. The van der Waals surface area contributed by atoms with Crippen molar-refractivity contribution < 1.29 is 9.84 Å². The fraction of sp³-hybridized carbons (Fsp3) is 0.429. The van der Waals surface area contributed by atoms with Gasteiger partial charge in [0.15, 0.2) is 0 Å². The van der Waals surface area contributed by atoms with Crippen molar-refractivity contribution in [3.63, 3.8) is 0 Å². The lowest BCUT2D eigenvalue weighted by Gasteiger charge is -2.10. The van der Waals surface area contributed by atoms with E-state index in [4.69, 9.17) is 9.84 Å². The van der Waals surface area contributed by atoms with Crippen LogP contribution >= 0.6 is 0 Å². The van der Waals surface area contributed by atoms with Crippen LogP contribution in [0.3, 0.4) is 0 Å². The molecule has 0 aliphatic heterocycles. The van der Waals surface area contributed by atoms with Gasteiger partial charge in [0.1, 0.15) is 5.75 Å². The first-order chi connectivity index (χ1) is 7.63. The molecule has 0 bridgehead atoms. The molecule has 0 aliphatic rings. The highest BCUT2D eigenvalue weighted by molar-refractivity contribution is 5.44. The van der Waals surface area contributed by atoms with Crippen LogP contribution in [0.4, 0.5) is 0 Å². The Hall–Kier alpha value is -1.46. The fourth-order valence-corrected chi connectivity index (χ4v) is 1.34. The zero-order chi connectivity index (χ0) is 12.0. The van der Waals surface area contributed by atoms with Gasteiger partial charge < -0.3 is 9.84 Å². The van der Waals surface area contributed by atoms with E-state index in [1.807, 2.05) is 39.0 Å². The second kappa shape index (κ2) is 6.19. The molecular formula is C14H18O2. The van der Waals surface area contributed by atoms with Crippen molar-refractivity contribution in [1.82, 2.24) is 0 Å². The minimum Gasteiger partial charge on any atom is -0.491 e. The smallest absolute Gasteiger partial charge is 0.120 e. The molecule has 0 radical (unpaired) electrons. The van der Waals surface area contributed by atoms with Crippen molar-refractivity contribution in [3.05, 3.63) is 29.3 Å². The Morgan fingerprint density at radius 1 is 1.38 bits per heavy atom. The summed E-state index contributed by atoms with van der Waals surface area (Å²) in [5.41, 5.74) is 2.09. The van der Waals surface area contributed by atoms with Gasteiger partial charge in [-0.15, -0.1) is 0 Å². The second-order valence-corrected chi connectivity index (χ2v) is 3.92. The van der Waals surface area contributed by atoms with Crippen molar-refractivity contribution in [1.29, 1.82) is 0 Å². The maximum absolute atomic E-state index is 8.63. The molecule has 86 valence electrons. The minimum atomic E-state index is 0.112. The van der Waals surface area contributed by atoms with Crippen molar-refractivity contribution in [3.8, 4) is 17.6 Å². The lowest BCUT2D eigenvalue weighted by atomic mass is 10.1. The summed E-state index contributed by atoms with van der Waals surface area (Å²) in [6, 6.07) is 5.87. The lowest BCUT2D eigenvalue weighted by molar-refractivity contribution is 0.242. The van der Waals surface area contributed by atoms with E-state index in [-0.39, 0.29) is 12.7 Å². The summed E-state index contributed by atoms with van der Waals surface area (Å²) in [6.45, 7) is 6.13. The molecule has 1 aromatic carbocycles. The Morgan fingerprint density at radius 2 is 2.12 bits per heavy atom. The molecule has 0 amide bonds. The largest absolute Gasteiger partial charge is 0.491 e. The summed E-state index contributed by atoms with van der Waals surface area (Å²) < 4.78 is 5.59. The van der Waals surface area contributed by atoms with Crippen LogP contribution in [0.25, 0.3) is 0 Å². The van der Waals surface area contributed by atoms with Gasteiger partial charge in [-0.25, -0.2) is 0 Å². The number of aliphatic hydroxyl groups is 1. The predicted molar refractivity (Wildman–Crippen MR) is 65.5 cm³/mol. The van der Waals surface area contributed by atoms with Crippen molar-refractivity contribution in [2.45, 2.75) is 33.3 Å². The van der Waals surface area contributed by atoms with Gasteiger partial charge in [-0.3, -0.25) is 0 Å². The van der Waals surface area contributed by atoms with Crippen LogP contribution < -0.4 is 4.74 Å². The standard InChI is InChI=1S/C14H18O2/c1-11(2)16-14-8-7-13(12(3)10-14)6-4-5-9-15/h7-8,10-11,15H,5,9H2,1-3H3. The molecule has 0 aliphatic carbocycles. The van der Waals surface area contributed by atoms with Gasteiger partial charge >= 0.3 is 0 Å². The van der Waals surface area contributed by atoms with Crippen LogP contribution in [0.1, 0.15) is 31.4 Å². The van der Waals surface area contributed by atoms with Crippen LogP contribution in [0, 0.1) is 18.8 Å². The van der Waals surface area contributed by atoms with E-state index >= 15 is 0 Å². The van der Waals surface area contributed by atoms with Crippen LogP contribution in [0.5, 0.6) is 5.75 Å². The number of benzene rings is 1. The van der Waals surface area contributed by atoms with Crippen molar-refractivity contribution in [2.75, 3.05) is 6.61 Å². The normalized spacial score (nSPS) is 9.81. The summed E-state index contributed by atoms with van der Waals surface area (Å²) in [6.07, 6.45) is 0.703. The first kappa shape index (κ1) is 12.6. The molecule has 0 saturated heterocycles. The Balaban J connectivity index is 2.80. The Labute approximate surface area is 97.3 Å². The van der Waals surface area contributed by atoms with E-state index in [0.717, 1.165) is 16.9 Å². The van der Waals surface area contributed by atoms with Crippen LogP contribution in [-0.2, 0) is 0 Å². The molecule has 0 saturated carbocycles. The van der Waals surface area contributed by atoms with Gasteiger partial charge in [-0.2, -0.15) is 0 Å². The first-order valence-electron chi connectivity index (χ1n) is 5.50. The Bertz CT molecular complexity index is 397. The van der Waals surface area contributed by atoms with Crippen molar-refractivity contribution in [2.24, 2.45) is 0 Å². The number of hydrogen-bond donors (Lipinski definition) is 1. The number of rotatable bonds is 3. The minimum absolute atomic E-state index is 0.112. The quantitative estimate of drug-likeness (QED) is 0.790. The molecule has 0 aromatic heterocycles. The highest BCUT2D eigenvalue weighted by atomic mass is 16.5. The highest BCUT2D eigenvalue weighted by Gasteiger charge is 2.00. The van der Waals surface area contributed by atoms with Gasteiger partial charge in [0.05, 0.1) is 12.7 Å². The fourth-order valence-electron chi connectivity index (χ4n) is 1.34. The zero-order valence-electron chi connectivity index (χ0n) is 10.1. The maximum atomic E-state index is 8.63. The summed E-state index contributed by atoms with van der Waals surface area (Å²) >= 11 is 0. The number of ether oxygens (including phenoxy) is 1. The monoisotopic (exact) mass is 218 g/mol.